The molecule has 3 rings (SSSR count). The van der Waals surface area contributed by atoms with Gasteiger partial charge >= 0.3 is 0 Å². The van der Waals surface area contributed by atoms with Gasteiger partial charge < -0.3 is 14.2 Å². The summed E-state index contributed by atoms with van der Waals surface area (Å²) in [5, 5.41) is 0. The molecule has 1 unspecified atom stereocenters. The van der Waals surface area contributed by atoms with Gasteiger partial charge in [-0.2, -0.15) is 0 Å². The zero-order chi connectivity index (χ0) is 14.5. The predicted molar refractivity (Wildman–Crippen MR) is 81.3 cm³/mol. The first-order chi connectivity index (χ1) is 10.4. The summed E-state index contributed by atoms with van der Waals surface area (Å²) in [4.78, 5) is 0. The maximum Gasteiger partial charge on any atom is 0.231 e. The minimum Gasteiger partial charge on any atom is -0.454 e. The summed E-state index contributed by atoms with van der Waals surface area (Å²) in [5.74, 6) is 8.15. The number of rotatable bonds is 4. The van der Waals surface area contributed by atoms with Crippen LogP contribution in [0.25, 0.3) is 0 Å². The van der Waals surface area contributed by atoms with Crippen molar-refractivity contribution in [2.45, 2.75) is 45.1 Å². The highest BCUT2D eigenvalue weighted by atomic mass is 16.7. The molecule has 0 bridgehead atoms. The van der Waals surface area contributed by atoms with E-state index >= 15 is 0 Å². The summed E-state index contributed by atoms with van der Waals surface area (Å²) in [7, 11) is 0. The molecule has 2 aliphatic rings. The monoisotopic (exact) mass is 286 g/mol. The maximum atomic E-state index is 6.10. The first kappa shape index (κ1) is 14.3. The summed E-state index contributed by atoms with van der Waals surface area (Å²) >= 11 is 0. The molecular weight excluding hydrogens is 264 g/mol. The first-order valence-electron chi connectivity index (χ1n) is 7.79. The lowest BCUT2D eigenvalue weighted by Crippen LogP contribution is -2.19. The lowest BCUT2D eigenvalue weighted by atomic mass is 9.82. The van der Waals surface area contributed by atoms with Crippen molar-refractivity contribution in [2.24, 2.45) is 5.92 Å². The molecule has 0 spiro atoms. The van der Waals surface area contributed by atoms with Crippen molar-refractivity contribution in [3.05, 3.63) is 23.8 Å². The Hall–Kier alpha value is -1.66. The van der Waals surface area contributed by atoms with Crippen molar-refractivity contribution in [1.82, 2.24) is 0 Å². The van der Waals surface area contributed by atoms with E-state index in [0.717, 1.165) is 11.5 Å². The van der Waals surface area contributed by atoms with Gasteiger partial charge in [0.05, 0.1) is 6.10 Å². The Morgan fingerprint density at radius 1 is 1.19 bits per heavy atom. The van der Waals surface area contributed by atoms with E-state index < -0.39 is 0 Å². The van der Waals surface area contributed by atoms with Gasteiger partial charge in [-0.1, -0.05) is 31.2 Å². The highest BCUT2D eigenvalue weighted by Crippen LogP contribution is 2.40. The van der Waals surface area contributed by atoms with E-state index in [1.165, 1.54) is 37.7 Å². The average Bonchev–Trinajstić information content (AvgIpc) is 3.00. The molecule has 1 saturated carbocycles. The first-order valence-corrected chi connectivity index (χ1v) is 7.79. The molecule has 1 heterocycles. The van der Waals surface area contributed by atoms with Crippen LogP contribution in [0.2, 0.25) is 0 Å². The quantitative estimate of drug-likeness (QED) is 0.781. The smallest absolute Gasteiger partial charge is 0.231 e. The zero-order valence-electron chi connectivity index (χ0n) is 12.6. The summed E-state index contributed by atoms with van der Waals surface area (Å²) in [6, 6.07) is 6.16. The summed E-state index contributed by atoms with van der Waals surface area (Å²) < 4.78 is 17.0. The largest absolute Gasteiger partial charge is 0.454 e. The van der Waals surface area contributed by atoms with E-state index in [-0.39, 0.29) is 6.10 Å². The second-order valence-corrected chi connectivity index (χ2v) is 5.67. The fourth-order valence-electron chi connectivity index (χ4n) is 3.24. The lowest BCUT2D eigenvalue weighted by Gasteiger charge is -2.30. The molecule has 0 N–H and O–H groups in total. The molecule has 112 valence electrons. The van der Waals surface area contributed by atoms with Crippen LogP contribution in [0, 0.1) is 17.8 Å². The van der Waals surface area contributed by atoms with Crippen LogP contribution in [-0.2, 0) is 4.74 Å². The van der Waals surface area contributed by atoms with Gasteiger partial charge in [0.25, 0.3) is 0 Å². The highest BCUT2D eigenvalue weighted by Gasteiger charge is 2.27. The van der Waals surface area contributed by atoms with Gasteiger partial charge in [-0.3, -0.25) is 0 Å². The van der Waals surface area contributed by atoms with Crippen LogP contribution in [0.4, 0.5) is 0 Å². The van der Waals surface area contributed by atoms with Crippen LogP contribution in [0.1, 0.15) is 50.7 Å². The fourth-order valence-corrected chi connectivity index (χ4v) is 3.24. The van der Waals surface area contributed by atoms with Crippen LogP contribution < -0.4 is 9.47 Å². The van der Waals surface area contributed by atoms with E-state index in [0.29, 0.717) is 19.3 Å². The van der Waals surface area contributed by atoms with Crippen molar-refractivity contribution in [3.63, 3.8) is 0 Å². The number of hydrogen-bond acceptors (Lipinski definition) is 3. The van der Waals surface area contributed by atoms with Gasteiger partial charge in [0, 0.05) is 0 Å². The van der Waals surface area contributed by atoms with Gasteiger partial charge in [-0.05, 0) is 43.4 Å². The normalized spacial score (nSPS) is 18.9. The Kier molecular flexibility index (Phi) is 4.67. The molecule has 1 atom stereocenters. The highest BCUT2D eigenvalue weighted by molar-refractivity contribution is 5.45. The Balaban J connectivity index is 1.80. The van der Waals surface area contributed by atoms with Crippen LogP contribution in [0.15, 0.2) is 18.2 Å². The Labute approximate surface area is 126 Å². The SMILES string of the molecule is CC#CCOC(c1ccc2c(c1)OCO2)C1CCCCC1. The second-order valence-electron chi connectivity index (χ2n) is 5.67. The molecule has 1 aromatic carbocycles. The van der Waals surface area contributed by atoms with Crippen molar-refractivity contribution in [1.29, 1.82) is 0 Å². The molecule has 1 aromatic rings. The zero-order valence-corrected chi connectivity index (χ0v) is 12.6. The molecule has 0 saturated heterocycles. The molecule has 3 heteroatoms. The summed E-state index contributed by atoms with van der Waals surface area (Å²) in [6.45, 7) is 2.65. The third-order valence-corrected chi connectivity index (χ3v) is 4.31. The minimum absolute atomic E-state index is 0.112. The van der Waals surface area contributed by atoms with Crippen LogP contribution >= 0.6 is 0 Å². The number of ether oxygens (including phenoxy) is 3. The molecule has 0 aromatic heterocycles. The van der Waals surface area contributed by atoms with Crippen molar-refractivity contribution in [2.75, 3.05) is 13.4 Å². The van der Waals surface area contributed by atoms with E-state index in [2.05, 4.69) is 24.0 Å². The summed E-state index contributed by atoms with van der Waals surface area (Å²) in [6.07, 6.45) is 6.53. The number of benzene rings is 1. The minimum atomic E-state index is 0.112. The molecule has 1 fully saturated rings. The third kappa shape index (κ3) is 3.33. The molecule has 0 radical (unpaired) electrons. The van der Waals surface area contributed by atoms with E-state index in [1.54, 1.807) is 0 Å². The lowest BCUT2D eigenvalue weighted by molar-refractivity contribution is 0.0167. The molecule has 1 aliphatic heterocycles. The molecule has 21 heavy (non-hydrogen) atoms. The van der Waals surface area contributed by atoms with Crippen molar-refractivity contribution >= 4 is 0 Å². The van der Waals surface area contributed by atoms with Crippen LogP contribution in [0.3, 0.4) is 0 Å². The second kappa shape index (κ2) is 6.87. The Bertz CT molecular complexity index is 535. The van der Waals surface area contributed by atoms with Crippen molar-refractivity contribution in [3.8, 4) is 23.3 Å². The third-order valence-electron chi connectivity index (χ3n) is 4.31. The van der Waals surface area contributed by atoms with Crippen molar-refractivity contribution < 1.29 is 14.2 Å². The van der Waals surface area contributed by atoms with Crippen LogP contribution in [0.5, 0.6) is 11.5 Å². The van der Waals surface area contributed by atoms with Gasteiger partial charge in [-0.15, -0.1) is 5.92 Å². The fraction of sp³-hybridized carbons (Fsp3) is 0.556. The van der Waals surface area contributed by atoms with Gasteiger partial charge in [0.2, 0.25) is 6.79 Å². The van der Waals surface area contributed by atoms with E-state index in [1.807, 2.05) is 13.0 Å². The van der Waals surface area contributed by atoms with E-state index in [9.17, 15) is 0 Å². The van der Waals surface area contributed by atoms with Gasteiger partial charge in [0.1, 0.15) is 6.61 Å². The molecular formula is C18H22O3. The number of fused-ring (bicyclic) bond motifs is 1. The maximum absolute atomic E-state index is 6.10. The van der Waals surface area contributed by atoms with E-state index in [4.69, 9.17) is 14.2 Å². The van der Waals surface area contributed by atoms with Gasteiger partial charge in [0.15, 0.2) is 11.5 Å². The molecule has 3 nitrogen and oxygen atoms in total. The number of hydrogen-bond donors (Lipinski definition) is 0. The Morgan fingerprint density at radius 3 is 2.81 bits per heavy atom. The topological polar surface area (TPSA) is 27.7 Å². The van der Waals surface area contributed by atoms with Gasteiger partial charge in [-0.25, -0.2) is 0 Å². The average molecular weight is 286 g/mol. The molecule has 1 aliphatic carbocycles. The molecule has 0 amide bonds. The standard InChI is InChI=1S/C18H22O3/c1-2-3-11-19-18(14-7-5-4-6-8-14)15-9-10-16-17(12-15)21-13-20-16/h9-10,12,14,18H,4-8,11,13H2,1H3. The predicted octanol–water partition coefficient (Wildman–Crippen LogP) is 4.08. The Morgan fingerprint density at radius 2 is 2.00 bits per heavy atom. The van der Waals surface area contributed by atoms with Crippen LogP contribution in [-0.4, -0.2) is 13.4 Å². The summed E-state index contributed by atoms with van der Waals surface area (Å²) in [5.41, 5.74) is 1.18.